The Morgan fingerprint density at radius 1 is 1.27 bits per heavy atom. The maximum Gasteiger partial charge on any atom is 0.287 e. The van der Waals surface area contributed by atoms with Crippen LogP contribution in [0.1, 0.15) is 40.9 Å². The molecule has 7 nitrogen and oxygen atoms in total. The van der Waals surface area contributed by atoms with Crippen molar-refractivity contribution in [2.45, 2.75) is 31.5 Å². The monoisotopic (exact) mass is 352 g/mol. The molecule has 7 heteroatoms. The largest absolute Gasteiger partial charge is 0.454 e. The Morgan fingerprint density at radius 3 is 2.85 bits per heavy atom. The van der Waals surface area contributed by atoms with Gasteiger partial charge in [-0.05, 0) is 49.1 Å². The van der Waals surface area contributed by atoms with E-state index in [1.165, 1.54) is 0 Å². The highest BCUT2D eigenvalue weighted by Crippen LogP contribution is 2.37. The molecule has 0 spiro atoms. The number of nitrogens with one attached hydrogen (secondary N) is 1. The lowest BCUT2D eigenvalue weighted by Gasteiger charge is -2.37. The highest BCUT2D eigenvalue weighted by Gasteiger charge is 2.36. The minimum absolute atomic E-state index is 0.169. The topological polar surface area (TPSA) is 93.2 Å². The molecule has 1 aliphatic rings. The number of nitrogens with zero attached hydrogens (tertiary/aromatic N) is 3. The number of hydrogen-bond acceptors (Lipinski definition) is 5. The standard InChI is InChI=1S/C19H20N4O3/c24-14-10-13(11-14)18(16-4-1-2-7-20-16)22-19(25)17-6-5-15(26-17)12-23-9-3-8-21-23/h1-9,13-14,18,24H,10-12H2,(H,22,25). The van der Waals surface area contributed by atoms with Crippen molar-refractivity contribution in [3.05, 3.63) is 72.2 Å². The molecule has 3 heterocycles. The molecule has 0 bridgehead atoms. The first-order valence-electron chi connectivity index (χ1n) is 8.65. The Bertz CT molecular complexity index is 854. The van der Waals surface area contributed by atoms with Crippen LogP contribution in [0.2, 0.25) is 0 Å². The molecule has 0 aliphatic heterocycles. The van der Waals surface area contributed by atoms with Crippen LogP contribution in [0.25, 0.3) is 0 Å². The summed E-state index contributed by atoms with van der Waals surface area (Å²) < 4.78 is 7.39. The molecule has 0 aromatic carbocycles. The summed E-state index contributed by atoms with van der Waals surface area (Å²) in [5.74, 6) is 0.802. The molecule has 0 radical (unpaired) electrons. The Hall–Kier alpha value is -2.93. The molecule has 3 aromatic heterocycles. The van der Waals surface area contributed by atoms with E-state index in [0.717, 1.165) is 5.69 Å². The Morgan fingerprint density at radius 2 is 2.15 bits per heavy atom. The van der Waals surface area contributed by atoms with E-state index < -0.39 is 0 Å². The van der Waals surface area contributed by atoms with Gasteiger partial charge in [0.15, 0.2) is 5.76 Å². The number of furan rings is 1. The molecular formula is C19H20N4O3. The van der Waals surface area contributed by atoms with Gasteiger partial charge in [0.05, 0.1) is 24.4 Å². The first kappa shape index (κ1) is 16.5. The molecule has 1 amide bonds. The molecule has 3 aromatic rings. The highest BCUT2D eigenvalue weighted by atomic mass is 16.4. The third-order valence-corrected chi connectivity index (χ3v) is 4.68. The average molecular weight is 352 g/mol. The summed E-state index contributed by atoms with van der Waals surface area (Å²) in [5.41, 5.74) is 0.793. The molecular weight excluding hydrogens is 332 g/mol. The van der Waals surface area contributed by atoms with Gasteiger partial charge in [-0.3, -0.25) is 14.5 Å². The van der Waals surface area contributed by atoms with Gasteiger partial charge in [-0.2, -0.15) is 5.10 Å². The third-order valence-electron chi connectivity index (χ3n) is 4.68. The zero-order valence-electron chi connectivity index (χ0n) is 14.2. The van der Waals surface area contributed by atoms with Gasteiger partial charge in [0.2, 0.25) is 0 Å². The number of aromatic nitrogens is 3. The second kappa shape index (κ2) is 7.13. The van der Waals surface area contributed by atoms with E-state index in [4.69, 9.17) is 4.42 Å². The fraction of sp³-hybridized carbons (Fsp3) is 0.316. The van der Waals surface area contributed by atoms with Gasteiger partial charge in [0.1, 0.15) is 5.76 Å². The number of hydrogen-bond donors (Lipinski definition) is 2. The van der Waals surface area contributed by atoms with Crippen LogP contribution in [0.3, 0.4) is 0 Å². The van der Waals surface area contributed by atoms with Gasteiger partial charge in [-0.1, -0.05) is 6.07 Å². The lowest BCUT2D eigenvalue weighted by atomic mass is 9.76. The molecule has 26 heavy (non-hydrogen) atoms. The SMILES string of the molecule is O=C(NC(c1ccccn1)C1CC(O)C1)c1ccc(Cn2cccn2)o1. The smallest absolute Gasteiger partial charge is 0.287 e. The maximum absolute atomic E-state index is 12.7. The van der Waals surface area contributed by atoms with Gasteiger partial charge in [-0.15, -0.1) is 0 Å². The number of rotatable bonds is 6. The molecule has 134 valence electrons. The second-order valence-electron chi connectivity index (χ2n) is 6.56. The predicted molar refractivity (Wildman–Crippen MR) is 93.2 cm³/mol. The van der Waals surface area contributed by atoms with Crippen molar-refractivity contribution < 1.29 is 14.3 Å². The van der Waals surface area contributed by atoms with Gasteiger partial charge in [-0.25, -0.2) is 0 Å². The molecule has 1 fully saturated rings. The first-order chi connectivity index (χ1) is 12.7. The second-order valence-corrected chi connectivity index (χ2v) is 6.56. The van der Waals surface area contributed by atoms with Crippen molar-refractivity contribution in [3.8, 4) is 0 Å². The first-order valence-corrected chi connectivity index (χ1v) is 8.65. The number of aliphatic hydroxyl groups is 1. The van der Waals surface area contributed by atoms with Crippen LogP contribution in [0.5, 0.6) is 0 Å². The summed E-state index contributed by atoms with van der Waals surface area (Å²) in [6.07, 6.45) is 6.25. The van der Waals surface area contributed by atoms with Crippen molar-refractivity contribution in [2.75, 3.05) is 0 Å². The lowest BCUT2D eigenvalue weighted by Crippen LogP contribution is -2.41. The van der Waals surface area contributed by atoms with Crippen LogP contribution in [0.15, 0.2) is 59.4 Å². The van der Waals surface area contributed by atoms with Crippen LogP contribution >= 0.6 is 0 Å². The summed E-state index contributed by atoms with van der Waals surface area (Å²) in [6, 6.07) is 10.7. The molecule has 2 N–H and O–H groups in total. The van der Waals surface area contributed by atoms with Crippen LogP contribution < -0.4 is 5.32 Å². The van der Waals surface area contributed by atoms with E-state index in [2.05, 4.69) is 15.4 Å². The van der Waals surface area contributed by atoms with Gasteiger partial charge in [0, 0.05) is 18.6 Å². The molecule has 1 atom stereocenters. The minimum Gasteiger partial charge on any atom is -0.454 e. The van der Waals surface area contributed by atoms with Crippen molar-refractivity contribution in [2.24, 2.45) is 5.92 Å². The Balaban J connectivity index is 1.47. The normalized spacial score (nSPS) is 20.3. The molecule has 0 saturated heterocycles. The fourth-order valence-corrected chi connectivity index (χ4v) is 3.25. The Kier molecular flexibility index (Phi) is 4.53. The van der Waals surface area contributed by atoms with Crippen molar-refractivity contribution in [1.29, 1.82) is 0 Å². The number of amides is 1. The summed E-state index contributed by atoms with van der Waals surface area (Å²) in [7, 11) is 0. The highest BCUT2D eigenvalue weighted by molar-refractivity contribution is 5.91. The zero-order chi connectivity index (χ0) is 17.9. The average Bonchev–Trinajstić information content (AvgIpc) is 3.30. The summed E-state index contributed by atoms with van der Waals surface area (Å²) in [4.78, 5) is 17.0. The van der Waals surface area contributed by atoms with Gasteiger partial charge in [0.25, 0.3) is 5.91 Å². The third kappa shape index (κ3) is 3.52. The van der Waals surface area contributed by atoms with Crippen LogP contribution in [0.4, 0.5) is 0 Å². The summed E-state index contributed by atoms with van der Waals surface area (Å²) in [5, 5.41) is 16.8. The summed E-state index contributed by atoms with van der Waals surface area (Å²) in [6.45, 7) is 0.471. The van der Waals surface area contributed by atoms with E-state index in [0.29, 0.717) is 25.1 Å². The van der Waals surface area contributed by atoms with Crippen LogP contribution in [0, 0.1) is 5.92 Å². The van der Waals surface area contributed by atoms with Gasteiger partial charge < -0.3 is 14.8 Å². The zero-order valence-corrected chi connectivity index (χ0v) is 14.2. The molecule has 1 aliphatic carbocycles. The summed E-state index contributed by atoms with van der Waals surface area (Å²) >= 11 is 0. The van der Waals surface area contributed by atoms with Gasteiger partial charge >= 0.3 is 0 Å². The van der Waals surface area contributed by atoms with Crippen molar-refractivity contribution >= 4 is 5.91 Å². The van der Waals surface area contributed by atoms with E-state index in [1.807, 2.05) is 30.5 Å². The lowest BCUT2D eigenvalue weighted by molar-refractivity contribution is 0.0225. The van der Waals surface area contributed by atoms with Crippen molar-refractivity contribution in [1.82, 2.24) is 20.1 Å². The van der Waals surface area contributed by atoms with E-state index >= 15 is 0 Å². The van der Waals surface area contributed by atoms with Crippen LogP contribution in [-0.2, 0) is 6.54 Å². The number of carbonyl (C=O) groups is 1. The minimum atomic E-state index is -0.299. The number of aliphatic hydroxyl groups excluding tert-OH is 1. The maximum atomic E-state index is 12.7. The van der Waals surface area contributed by atoms with E-state index in [1.54, 1.807) is 29.2 Å². The predicted octanol–water partition coefficient (Wildman–Crippen LogP) is 2.16. The Labute approximate surface area is 150 Å². The number of carbonyl (C=O) groups excluding carboxylic acids is 1. The van der Waals surface area contributed by atoms with Crippen molar-refractivity contribution in [3.63, 3.8) is 0 Å². The molecule has 1 unspecified atom stereocenters. The number of pyridine rings is 1. The van der Waals surface area contributed by atoms with E-state index in [-0.39, 0.29) is 29.7 Å². The molecule has 1 saturated carbocycles. The molecule has 4 rings (SSSR count). The fourth-order valence-electron chi connectivity index (χ4n) is 3.25. The van der Waals surface area contributed by atoms with E-state index in [9.17, 15) is 9.90 Å². The van der Waals surface area contributed by atoms with Crippen LogP contribution in [-0.4, -0.2) is 31.9 Å². The quantitative estimate of drug-likeness (QED) is 0.709.